The van der Waals surface area contributed by atoms with Crippen LogP contribution in [0.2, 0.25) is 0 Å². The molecule has 2 nitrogen and oxygen atoms in total. The first kappa shape index (κ1) is 55.9. The first-order valence-corrected chi connectivity index (χ1v) is 30.9. The first-order valence-electron chi connectivity index (χ1n) is 30.9. The molecule has 8 aromatic rings. The molecule has 82 heavy (non-hydrogen) atoms. The van der Waals surface area contributed by atoms with Crippen molar-refractivity contribution in [3.63, 3.8) is 0 Å². The van der Waals surface area contributed by atoms with Gasteiger partial charge in [-0.1, -0.05) is 235 Å². The number of anilines is 6. The predicted octanol–water partition coefficient (Wildman–Crippen LogP) is 20.0. The van der Waals surface area contributed by atoms with Crippen molar-refractivity contribution in [3.8, 4) is 22.3 Å². The minimum absolute atomic E-state index is 0.0128. The van der Waals surface area contributed by atoms with Crippen molar-refractivity contribution in [1.82, 2.24) is 0 Å². The van der Waals surface area contributed by atoms with Crippen molar-refractivity contribution < 1.29 is 0 Å². The largest absolute Gasteiger partial charge is 0.311 e. The summed E-state index contributed by atoms with van der Waals surface area (Å²) in [6.07, 6.45) is 4.66. The number of rotatable bonds is 6. The fourth-order valence-corrected chi connectivity index (χ4v) is 14.6. The maximum atomic E-state index is 2.74. The third-order valence-electron chi connectivity index (χ3n) is 20.6. The van der Waals surface area contributed by atoms with Crippen LogP contribution in [-0.2, 0) is 43.3 Å². The van der Waals surface area contributed by atoms with E-state index in [0.29, 0.717) is 0 Å². The smallest absolute Gasteiger partial charge is 0.252 e. The Morgan fingerprint density at radius 2 is 0.841 bits per heavy atom. The Balaban J connectivity index is 1.20. The van der Waals surface area contributed by atoms with Gasteiger partial charge >= 0.3 is 0 Å². The highest BCUT2D eigenvalue weighted by Crippen LogP contribution is 2.54. The second-order valence-electron chi connectivity index (χ2n) is 31.7. The molecule has 420 valence electrons. The number of fused-ring (bicyclic) bond motifs is 6. The molecule has 4 aliphatic rings. The van der Waals surface area contributed by atoms with Crippen LogP contribution in [0.5, 0.6) is 0 Å². The van der Waals surface area contributed by atoms with Crippen LogP contribution in [-0.4, -0.2) is 6.71 Å². The summed E-state index contributed by atoms with van der Waals surface area (Å²) < 4.78 is 0. The van der Waals surface area contributed by atoms with Gasteiger partial charge in [-0.05, 0) is 201 Å². The molecule has 0 atom stereocenters. The van der Waals surface area contributed by atoms with Gasteiger partial charge in [0.05, 0.1) is 5.69 Å². The normalized spacial score (nSPS) is 17.6. The Bertz CT molecular complexity index is 3840. The van der Waals surface area contributed by atoms with Gasteiger partial charge in [-0.25, -0.2) is 0 Å². The summed E-state index contributed by atoms with van der Waals surface area (Å²) in [5.74, 6) is 0. The van der Waals surface area contributed by atoms with Crippen LogP contribution in [0.4, 0.5) is 34.1 Å². The number of hydrogen-bond donors (Lipinski definition) is 0. The van der Waals surface area contributed by atoms with Crippen LogP contribution >= 0.6 is 0 Å². The Labute approximate surface area is 494 Å². The quantitative estimate of drug-likeness (QED) is 0.153. The molecule has 0 bridgehead atoms. The summed E-state index contributed by atoms with van der Waals surface area (Å²) in [5, 5.41) is 0. The molecule has 2 aliphatic heterocycles. The van der Waals surface area contributed by atoms with E-state index in [4.69, 9.17) is 0 Å². The third-order valence-corrected chi connectivity index (χ3v) is 20.6. The Hall–Kier alpha value is -6.58. The minimum atomic E-state index is -0.263. The lowest BCUT2D eigenvalue weighted by Crippen LogP contribution is -2.62. The summed E-state index contributed by atoms with van der Waals surface area (Å²) in [6.45, 7) is 45.9. The SMILES string of the molecule is CC(C)(C)c1ccc(-c2cccc(-c3cc(C(C)(C)C)ccc3N3c4ccc(C(C)(C)c5ccccc5)cc4B4c5cc6c(cc5N(c5ccc7c(c5)C(C)(C)CCC7(C)C)c5cc(C(C)(C)C)cc3c54)C(C)(C)CCC6(C)C)c2)cc1. The van der Waals surface area contributed by atoms with Crippen LogP contribution in [0.3, 0.4) is 0 Å². The molecule has 8 aromatic carbocycles. The molecule has 0 saturated carbocycles. The maximum absolute atomic E-state index is 2.74. The van der Waals surface area contributed by atoms with Crippen molar-refractivity contribution in [3.05, 3.63) is 208 Å². The summed E-state index contributed by atoms with van der Waals surface area (Å²) in [4.78, 5) is 5.45. The third kappa shape index (κ3) is 9.22. The van der Waals surface area contributed by atoms with E-state index in [9.17, 15) is 0 Å². The molecule has 3 heteroatoms. The molecule has 0 fully saturated rings. The first-order chi connectivity index (χ1) is 38.3. The van der Waals surface area contributed by atoms with Gasteiger partial charge in [0.25, 0.3) is 6.71 Å². The average Bonchev–Trinajstić information content (AvgIpc) is 3.00. The lowest BCUT2D eigenvalue weighted by molar-refractivity contribution is 0.332. The second-order valence-corrected chi connectivity index (χ2v) is 31.7. The van der Waals surface area contributed by atoms with E-state index in [1.165, 1.54) is 129 Å². The lowest BCUT2D eigenvalue weighted by atomic mass is 9.32. The highest BCUT2D eigenvalue weighted by atomic mass is 15.2. The molecular weight excluding hydrogens is 988 g/mol. The van der Waals surface area contributed by atoms with Crippen LogP contribution < -0.4 is 26.2 Å². The fourth-order valence-electron chi connectivity index (χ4n) is 14.6. The van der Waals surface area contributed by atoms with Gasteiger partial charge in [0.1, 0.15) is 0 Å². The van der Waals surface area contributed by atoms with Crippen molar-refractivity contribution >= 4 is 57.2 Å². The summed E-state index contributed by atoms with van der Waals surface area (Å²) >= 11 is 0. The summed E-state index contributed by atoms with van der Waals surface area (Å²) in [6, 6.07) is 63.0. The van der Waals surface area contributed by atoms with Gasteiger partial charge in [-0.2, -0.15) is 0 Å². The van der Waals surface area contributed by atoms with Crippen molar-refractivity contribution in [2.24, 2.45) is 0 Å². The molecule has 2 heterocycles. The van der Waals surface area contributed by atoms with Gasteiger partial charge in [-0.15, -0.1) is 0 Å². The minimum Gasteiger partial charge on any atom is -0.311 e. The predicted molar refractivity (Wildman–Crippen MR) is 357 cm³/mol. The van der Waals surface area contributed by atoms with Gasteiger partial charge < -0.3 is 9.80 Å². The van der Waals surface area contributed by atoms with Crippen molar-refractivity contribution in [1.29, 1.82) is 0 Å². The molecule has 0 N–H and O–H groups in total. The summed E-state index contributed by atoms with van der Waals surface area (Å²) in [7, 11) is 0. The molecule has 0 radical (unpaired) electrons. The zero-order valence-corrected chi connectivity index (χ0v) is 53.3. The number of nitrogens with zero attached hydrogens (tertiary/aromatic N) is 2. The molecule has 0 unspecified atom stereocenters. The van der Waals surface area contributed by atoms with E-state index < -0.39 is 0 Å². The van der Waals surface area contributed by atoms with E-state index in [0.717, 1.165) is 19.3 Å². The van der Waals surface area contributed by atoms with Crippen LogP contribution in [0.25, 0.3) is 22.3 Å². The van der Waals surface area contributed by atoms with Gasteiger partial charge in [-0.3, -0.25) is 0 Å². The molecule has 0 aromatic heterocycles. The van der Waals surface area contributed by atoms with Crippen LogP contribution in [0, 0.1) is 0 Å². The average molecular weight is 1080 g/mol. The van der Waals surface area contributed by atoms with Gasteiger partial charge in [0.15, 0.2) is 0 Å². The van der Waals surface area contributed by atoms with E-state index in [1.807, 2.05) is 0 Å². The standard InChI is InChI=1S/C79H91BN2/c1-72(2,3)53-30-28-50(29-31-53)51-24-23-25-52(42-51)59-43-55(73(4,5)6)32-36-66(59)82-67-37-33-56(79(18,19)54-26-21-20-22-27-54)44-64(67)80-65-48-62-63(78(16,17)41-40-77(62,14)15)49-68(65)81(69-45-57(74(7,8)9)46-70(82)71(69)80)58-34-35-60-61(47-58)76(12,13)39-38-75(60,10)11/h20-37,42-49H,38-41H2,1-19H3. The summed E-state index contributed by atoms with van der Waals surface area (Å²) in [5.41, 5.74) is 29.0. The van der Waals surface area contributed by atoms with Gasteiger partial charge in [0, 0.05) is 39.4 Å². The van der Waals surface area contributed by atoms with Crippen molar-refractivity contribution in [2.75, 3.05) is 9.80 Å². The van der Waals surface area contributed by atoms with E-state index in [2.05, 4.69) is 299 Å². The Morgan fingerprint density at radius 1 is 0.329 bits per heavy atom. The maximum Gasteiger partial charge on any atom is 0.252 e. The van der Waals surface area contributed by atoms with E-state index in [1.54, 1.807) is 0 Å². The van der Waals surface area contributed by atoms with Crippen LogP contribution in [0.15, 0.2) is 158 Å². The molecule has 0 amide bonds. The van der Waals surface area contributed by atoms with E-state index in [-0.39, 0.29) is 50.0 Å². The highest BCUT2D eigenvalue weighted by molar-refractivity contribution is 7.00. The zero-order valence-electron chi connectivity index (χ0n) is 53.3. The van der Waals surface area contributed by atoms with Crippen molar-refractivity contribution in [2.45, 2.75) is 201 Å². The van der Waals surface area contributed by atoms with Crippen LogP contribution in [0.1, 0.15) is 207 Å². The molecule has 0 spiro atoms. The zero-order chi connectivity index (χ0) is 58.6. The monoisotopic (exact) mass is 1080 g/mol. The Kier molecular flexibility index (Phi) is 12.8. The van der Waals surface area contributed by atoms with E-state index >= 15 is 0 Å². The molecule has 12 rings (SSSR count). The highest BCUT2D eigenvalue weighted by Gasteiger charge is 2.48. The topological polar surface area (TPSA) is 6.48 Å². The molecule has 0 saturated heterocycles. The number of benzene rings is 8. The Morgan fingerprint density at radius 3 is 1.45 bits per heavy atom. The molecular formula is C79H91BN2. The fraction of sp³-hybridized carbons (Fsp3) is 0.392. The number of hydrogen-bond acceptors (Lipinski definition) is 2. The van der Waals surface area contributed by atoms with Gasteiger partial charge in [0.2, 0.25) is 0 Å². The lowest BCUT2D eigenvalue weighted by Gasteiger charge is -2.48. The second kappa shape index (κ2) is 18.7. The molecule has 2 aliphatic carbocycles.